The Hall–Kier alpha value is -2.41. The number of hydrogen-bond acceptors (Lipinski definition) is 4. The molecule has 1 amide bonds. The first-order valence-corrected chi connectivity index (χ1v) is 6.44. The van der Waals surface area contributed by atoms with Gasteiger partial charge in [-0.15, -0.1) is 0 Å². The van der Waals surface area contributed by atoms with Crippen LogP contribution in [-0.2, 0) is 4.79 Å². The van der Waals surface area contributed by atoms with Gasteiger partial charge in [0.25, 0.3) is 0 Å². The number of aromatic nitrogens is 2. The highest BCUT2D eigenvalue weighted by atomic mass is 16.2. The number of carbonyl (C=O) groups excluding carboxylic acids is 1. The molecule has 1 fully saturated rings. The molecule has 7 heteroatoms. The Morgan fingerprint density at radius 2 is 1.90 bits per heavy atom. The van der Waals surface area contributed by atoms with Crippen LogP contribution in [0, 0.1) is 0 Å². The first kappa shape index (κ1) is 12.6. The van der Waals surface area contributed by atoms with Gasteiger partial charge in [-0.3, -0.25) is 14.4 Å². The van der Waals surface area contributed by atoms with Crippen LogP contribution >= 0.6 is 0 Å². The maximum Gasteiger partial charge on any atom is 0.314 e. The van der Waals surface area contributed by atoms with Crippen molar-refractivity contribution in [2.24, 2.45) is 0 Å². The van der Waals surface area contributed by atoms with Crippen LogP contribution in [0.4, 0.5) is 5.69 Å². The van der Waals surface area contributed by atoms with Crippen molar-refractivity contribution in [3.63, 3.8) is 0 Å². The van der Waals surface area contributed by atoms with E-state index in [1.807, 2.05) is 0 Å². The zero-order chi connectivity index (χ0) is 14.1. The maximum absolute atomic E-state index is 12.0. The second kappa shape index (κ2) is 4.93. The van der Waals surface area contributed by atoms with Gasteiger partial charge in [0.2, 0.25) is 5.91 Å². The summed E-state index contributed by atoms with van der Waals surface area (Å²) in [5.74, 6) is -0.0892. The average Bonchev–Trinajstić information content (AvgIpc) is 2.94. The Balaban J connectivity index is 1.89. The molecule has 3 rings (SSSR count). The van der Waals surface area contributed by atoms with E-state index < -0.39 is 11.1 Å². The second-order valence-corrected chi connectivity index (χ2v) is 4.81. The summed E-state index contributed by atoms with van der Waals surface area (Å²) in [6.07, 6.45) is 1.81. The van der Waals surface area contributed by atoms with Gasteiger partial charge in [0.15, 0.2) is 0 Å². The number of aromatic amines is 2. The molecule has 1 unspecified atom stereocenters. The van der Waals surface area contributed by atoms with Gasteiger partial charge in [0.1, 0.15) is 0 Å². The SMILES string of the molecule is O=C(Nc1ccc2[nH]c(=O)c(=O)[nH]c2c1)C1CCCN1. The van der Waals surface area contributed by atoms with Crippen molar-refractivity contribution in [3.05, 3.63) is 38.9 Å². The summed E-state index contributed by atoms with van der Waals surface area (Å²) in [7, 11) is 0. The van der Waals surface area contributed by atoms with E-state index in [4.69, 9.17) is 0 Å². The summed E-state index contributed by atoms with van der Waals surface area (Å²) in [6, 6.07) is 4.79. The summed E-state index contributed by atoms with van der Waals surface area (Å²) in [5.41, 5.74) is 0.181. The molecule has 1 aliphatic heterocycles. The number of hydrogen-bond donors (Lipinski definition) is 4. The molecular formula is C13H14N4O3. The van der Waals surface area contributed by atoms with Crippen molar-refractivity contribution < 1.29 is 4.79 Å². The van der Waals surface area contributed by atoms with E-state index in [0.717, 1.165) is 19.4 Å². The minimum absolute atomic E-state index is 0.0892. The molecule has 0 saturated carbocycles. The van der Waals surface area contributed by atoms with Crippen LogP contribution in [0.15, 0.2) is 27.8 Å². The lowest BCUT2D eigenvalue weighted by Crippen LogP contribution is -2.35. The van der Waals surface area contributed by atoms with E-state index in [9.17, 15) is 14.4 Å². The van der Waals surface area contributed by atoms with Gasteiger partial charge in [-0.1, -0.05) is 0 Å². The van der Waals surface area contributed by atoms with Crippen LogP contribution in [0.25, 0.3) is 11.0 Å². The van der Waals surface area contributed by atoms with Crippen LogP contribution in [0.2, 0.25) is 0 Å². The quantitative estimate of drug-likeness (QED) is 0.574. The van der Waals surface area contributed by atoms with E-state index in [-0.39, 0.29) is 11.9 Å². The van der Waals surface area contributed by atoms with Crippen molar-refractivity contribution in [2.75, 3.05) is 11.9 Å². The minimum Gasteiger partial charge on any atom is -0.325 e. The lowest BCUT2D eigenvalue weighted by molar-refractivity contribution is -0.117. The van der Waals surface area contributed by atoms with Gasteiger partial charge in [0.05, 0.1) is 17.1 Å². The number of anilines is 1. The Morgan fingerprint density at radius 3 is 2.60 bits per heavy atom. The molecule has 1 aliphatic rings. The molecule has 0 radical (unpaired) electrons. The molecule has 2 aromatic rings. The van der Waals surface area contributed by atoms with Gasteiger partial charge in [-0.05, 0) is 37.6 Å². The van der Waals surface area contributed by atoms with Crippen molar-refractivity contribution in [3.8, 4) is 0 Å². The topological polar surface area (TPSA) is 107 Å². The molecule has 2 heterocycles. The molecule has 0 bridgehead atoms. The van der Waals surface area contributed by atoms with Crippen LogP contribution in [0.1, 0.15) is 12.8 Å². The monoisotopic (exact) mass is 274 g/mol. The van der Waals surface area contributed by atoms with E-state index in [2.05, 4.69) is 20.6 Å². The molecule has 1 aromatic carbocycles. The Kier molecular flexibility index (Phi) is 3.11. The number of nitrogens with one attached hydrogen (secondary N) is 4. The number of rotatable bonds is 2. The third kappa shape index (κ3) is 2.35. The van der Waals surface area contributed by atoms with Crippen molar-refractivity contribution >= 4 is 22.6 Å². The first-order valence-electron chi connectivity index (χ1n) is 6.44. The zero-order valence-corrected chi connectivity index (χ0v) is 10.7. The molecule has 104 valence electrons. The number of amides is 1. The molecule has 7 nitrogen and oxygen atoms in total. The number of carbonyl (C=O) groups is 1. The fraction of sp³-hybridized carbons (Fsp3) is 0.308. The standard InChI is InChI=1S/C13H14N4O3/c18-11(9-2-1-5-14-9)15-7-3-4-8-10(6-7)17-13(20)12(19)16-8/h3-4,6,9,14H,1-2,5H2,(H,15,18)(H,16,19)(H,17,20). The van der Waals surface area contributed by atoms with E-state index in [0.29, 0.717) is 16.7 Å². The van der Waals surface area contributed by atoms with E-state index in [1.54, 1.807) is 18.2 Å². The first-order chi connectivity index (χ1) is 9.63. The summed E-state index contributed by atoms with van der Waals surface area (Å²) in [5, 5.41) is 5.91. The highest BCUT2D eigenvalue weighted by molar-refractivity contribution is 5.96. The summed E-state index contributed by atoms with van der Waals surface area (Å²) < 4.78 is 0. The van der Waals surface area contributed by atoms with Crippen LogP contribution in [-0.4, -0.2) is 28.5 Å². The lowest BCUT2D eigenvalue weighted by Gasteiger charge is -2.11. The summed E-state index contributed by atoms with van der Waals surface area (Å²) >= 11 is 0. The fourth-order valence-electron chi connectivity index (χ4n) is 2.33. The highest BCUT2D eigenvalue weighted by Gasteiger charge is 2.21. The van der Waals surface area contributed by atoms with Gasteiger partial charge < -0.3 is 20.6 Å². The van der Waals surface area contributed by atoms with Crippen molar-refractivity contribution in [2.45, 2.75) is 18.9 Å². The molecule has 1 atom stereocenters. The fourth-order valence-corrected chi connectivity index (χ4v) is 2.33. The van der Waals surface area contributed by atoms with Gasteiger partial charge in [-0.25, -0.2) is 0 Å². The Bertz CT molecular complexity index is 771. The Labute approximate surface area is 113 Å². The van der Waals surface area contributed by atoms with Gasteiger partial charge in [-0.2, -0.15) is 0 Å². The molecule has 0 aliphatic carbocycles. The average molecular weight is 274 g/mol. The smallest absolute Gasteiger partial charge is 0.314 e. The number of benzene rings is 1. The van der Waals surface area contributed by atoms with Gasteiger partial charge >= 0.3 is 11.1 Å². The molecule has 4 N–H and O–H groups in total. The van der Waals surface area contributed by atoms with Crippen molar-refractivity contribution in [1.82, 2.24) is 15.3 Å². The zero-order valence-electron chi connectivity index (χ0n) is 10.7. The van der Waals surface area contributed by atoms with Crippen LogP contribution in [0.5, 0.6) is 0 Å². The largest absolute Gasteiger partial charge is 0.325 e. The summed E-state index contributed by atoms with van der Waals surface area (Å²) in [4.78, 5) is 39.4. The van der Waals surface area contributed by atoms with Crippen LogP contribution < -0.4 is 21.8 Å². The molecule has 0 spiro atoms. The minimum atomic E-state index is -0.710. The number of H-pyrrole nitrogens is 2. The summed E-state index contributed by atoms with van der Waals surface area (Å²) in [6.45, 7) is 0.852. The second-order valence-electron chi connectivity index (χ2n) is 4.81. The maximum atomic E-state index is 12.0. The third-order valence-electron chi connectivity index (χ3n) is 3.37. The predicted octanol–water partition coefficient (Wildman–Crippen LogP) is -0.0931. The third-order valence-corrected chi connectivity index (χ3v) is 3.37. The van der Waals surface area contributed by atoms with Gasteiger partial charge in [0, 0.05) is 5.69 Å². The molecule has 1 aromatic heterocycles. The Morgan fingerprint density at radius 1 is 1.15 bits per heavy atom. The van der Waals surface area contributed by atoms with Crippen LogP contribution in [0.3, 0.4) is 0 Å². The lowest BCUT2D eigenvalue weighted by atomic mass is 10.2. The van der Waals surface area contributed by atoms with Crippen molar-refractivity contribution in [1.29, 1.82) is 0 Å². The molecule has 1 saturated heterocycles. The predicted molar refractivity (Wildman–Crippen MR) is 74.8 cm³/mol. The molecular weight excluding hydrogens is 260 g/mol. The number of fused-ring (bicyclic) bond motifs is 1. The normalized spacial score (nSPS) is 18.3. The highest BCUT2D eigenvalue weighted by Crippen LogP contribution is 2.15. The van der Waals surface area contributed by atoms with E-state index >= 15 is 0 Å². The molecule has 20 heavy (non-hydrogen) atoms. The van der Waals surface area contributed by atoms with E-state index in [1.165, 1.54) is 0 Å².